The maximum Gasteiger partial charge on any atom is 0.126 e. The van der Waals surface area contributed by atoms with Crippen LogP contribution in [0.2, 0.25) is 0 Å². The highest BCUT2D eigenvalue weighted by Crippen LogP contribution is 1.87. The zero-order valence-electron chi connectivity index (χ0n) is 5.96. The third kappa shape index (κ3) is 2.13. The molecule has 9 heavy (non-hydrogen) atoms. The van der Waals surface area contributed by atoms with Crippen LogP contribution in [-0.4, -0.2) is 24.8 Å². The molecule has 0 saturated heterocycles. The lowest BCUT2D eigenvalue weighted by Crippen LogP contribution is -2.17. The molecule has 0 rings (SSSR count). The predicted molar refractivity (Wildman–Crippen MR) is 41.5 cm³/mol. The quantitative estimate of drug-likeness (QED) is 0.400. The van der Waals surface area contributed by atoms with Crippen molar-refractivity contribution in [2.75, 3.05) is 14.1 Å². The highest BCUT2D eigenvalue weighted by molar-refractivity contribution is 5.92. The topological polar surface area (TPSA) is 15.6 Å². The minimum absolute atomic E-state index is 0.824. The number of likely N-dealkylation sites (N-methyl/N-ethyl adjacent to an activating group) is 1. The Hall–Kier alpha value is -1.05. The van der Waals surface area contributed by atoms with E-state index >= 15 is 0 Å². The highest BCUT2D eigenvalue weighted by atomic mass is 15.1. The van der Waals surface area contributed by atoms with Gasteiger partial charge in [0.25, 0.3) is 0 Å². The molecule has 0 heterocycles. The number of aliphatic imine (C=N–C) groups is 1. The van der Waals surface area contributed by atoms with E-state index in [9.17, 15) is 0 Å². The van der Waals surface area contributed by atoms with Crippen molar-refractivity contribution in [1.29, 1.82) is 0 Å². The van der Waals surface area contributed by atoms with Gasteiger partial charge in [0, 0.05) is 14.1 Å². The van der Waals surface area contributed by atoms with Gasteiger partial charge in [0.1, 0.15) is 5.84 Å². The van der Waals surface area contributed by atoms with Gasteiger partial charge in [0.2, 0.25) is 0 Å². The molecule has 0 spiro atoms. The molecule has 2 heteroatoms. The molecule has 0 bridgehead atoms. The van der Waals surface area contributed by atoms with Crippen molar-refractivity contribution >= 4 is 5.84 Å². The number of rotatable bonds is 2. The Morgan fingerprint density at radius 2 is 2.11 bits per heavy atom. The Bertz CT molecular complexity index is 136. The number of hydrogen-bond donors (Lipinski definition) is 0. The molecule has 50 valence electrons. The summed E-state index contributed by atoms with van der Waals surface area (Å²) >= 11 is 0. The van der Waals surface area contributed by atoms with E-state index in [0.29, 0.717) is 0 Å². The molecule has 0 unspecified atom stereocenters. The molecular weight excluding hydrogens is 112 g/mol. The average Bonchev–Trinajstić information content (AvgIpc) is 1.90. The Morgan fingerprint density at radius 3 is 2.22 bits per heavy atom. The van der Waals surface area contributed by atoms with Crippen LogP contribution in [0.15, 0.2) is 30.4 Å². The second kappa shape index (κ2) is 3.89. The van der Waals surface area contributed by atoms with Gasteiger partial charge in [0.05, 0.1) is 0 Å². The number of amidine groups is 1. The Kier molecular flexibility index (Phi) is 3.44. The zero-order chi connectivity index (χ0) is 7.28. The molecule has 0 aromatic rings. The van der Waals surface area contributed by atoms with Crippen LogP contribution < -0.4 is 0 Å². The summed E-state index contributed by atoms with van der Waals surface area (Å²) in [6.45, 7) is 7.16. The van der Waals surface area contributed by atoms with E-state index in [1.165, 1.54) is 0 Å². The fraction of sp³-hybridized carbons (Fsp3) is 0.286. The molecule has 0 radical (unpaired) electrons. The van der Waals surface area contributed by atoms with Gasteiger partial charge < -0.3 is 4.90 Å². The molecule has 0 aromatic carbocycles. The maximum atomic E-state index is 3.93. The maximum absolute atomic E-state index is 3.93. The Morgan fingerprint density at radius 1 is 1.56 bits per heavy atom. The van der Waals surface area contributed by atoms with Crippen molar-refractivity contribution in [3.05, 3.63) is 25.4 Å². The van der Waals surface area contributed by atoms with Gasteiger partial charge in [-0.15, -0.1) is 0 Å². The summed E-state index contributed by atoms with van der Waals surface area (Å²) in [5.41, 5.74) is 0. The first-order valence-electron chi connectivity index (χ1n) is 2.71. The number of nitrogens with zero attached hydrogens (tertiary/aromatic N) is 2. The third-order valence-electron chi connectivity index (χ3n) is 1.05. The monoisotopic (exact) mass is 124 g/mol. The van der Waals surface area contributed by atoms with Crippen LogP contribution in [0.3, 0.4) is 0 Å². The standard InChI is InChI=1S/C7H12N2/c1-5-7(8-3)9(4)6-2/h5-6H,1-2H2,3-4H3. The molecule has 0 fully saturated rings. The summed E-state index contributed by atoms with van der Waals surface area (Å²) in [7, 11) is 3.59. The first kappa shape index (κ1) is 7.95. The van der Waals surface area contributed by atoms with Gasteiger partial charge in [-0.3, -0.25) is 4.99 Å². The summed E-state index contributed by atoms with van der Waals surface area (Å²) < 4.78 is 0. The van der Waals surface area contributed by atoms with E-state index in [4.69, 9.17) is 0 Å². The summed E-state index contributed by atoms with van der Waals surface area (Å²) in [6.07, 6.45) is 3.37. The van der Waals surface area contributed by atoms with Gasteiger partial charge >= 0.3 is 0 Å². The predicted octanol–water partition coefficient (Wildman–Crippen LogP) is 1.28. The third-order valence-corrected chi connectivity index (χ3v) is 1.05. The number of hydrogen-bond acceptors (Lipinski definition) is 1. The molecule has 0 aliphatic heterocycles. The van der Waals surface area contributed by atoms with Gasteiger partial charge in [0.15, 0.2) is 0 Å². The normalized spacial score (nSPS) is 10.7. The summed E-state index contributed by atoms with van der Waals surface area (Å²) in [5, 5.41) is 0. The van der Waals surface area contributed by atoms with E-state index in [1.54, 1.807) is 24.2 Å². The average molecular weight is 124 g/mol. The van der Waals surface area contributed by atoms with Gasteiger partial charge in [-0.25, -0.2) is 0 Å². The van der Waals surface area contributed by atoms with E-state index in [0.717, 1.165) is 5.84 Å². The van der Waals surface area contributed by atoms with Crippen molar-refractivity contribution in [2.45, 2.75) is 0 Å². The largest absolute Gasteiger partial charge is 0.337 e. The minimum Gasteiger partial charge on any atom is -0.337 e. The summed E-state index contributed by atoms with van der Waals surface area (Å²) in [6, 6.07) is 0. The summed E-state index contributed by atoms with van der Waals surface area (Å²) in [4.78, 5) is 5.73. The van der Waals surface area contributed by atoms with Crippen LogP contribution in [0.5, 0.6) is 0 Å². The Labute approximate surface area is 56.2 Å². The van der Waals surface area contributed by atoms with Crippen LogP contribution in [0.4, 0.5) is 0 Å². The molecule has 0 saturated carbocycles. The molecule has 0 amide bonds. The van der Waals surface area contributed by atoms with E-state index in [1.807, 2.05) is 7.05 Å². The smallest absolute Gasteiger partial charge is 0.126 e. The SMILES string of the molecule is C=CC(=NC)N(C)C=C. The van der Waals surface area contributed by atoms with Gasteiger partial charge in [-0.2, -0.15) is 0 Å². The van der Waals surface area contributed by atoms with Gasteiger partial charge in [-0.1, -0.05) is 13.2 Å². The fourth-order valence-electron chi connectivity index (χ4n) is 0.487. The van der Waals surface area contributed by atoms with E-state index in [2.05, 4.69) is 18.2 Å². The van der Waals surface area contributed by atoms with Crippen LogP contribution in [0.1, 0.15) is 0 Å². The van der Waals surface area contributed by atoms with Gasteiger partial charge in [-0.05, 0) is 12.3 Å². The fourth-order valence-corrected chi connectivity index (χ4v) is 0.487. The van der Waals surface area contributed by atoms with Crippen LogP contribution >= 0.6 is 0 Å². The van der Waals surface area contributed by atoms with Crippen molar-refractivity contribution in [1.82, 2.24) is 4.90 Å². The lowest BCUT2D eigenvalue weighted by molar-refractivity contribution is 0.693. The molecule has 0 aliphatic rings. The van der Waals surface area contributed by atoms with E-state index in [-0.39, 0.29) is 0 Å². The molecule has 2 nitrogen and oxygen atoms in total. The van der Waals surface area contributed by atoms with Crippen molar-refractivity contribution in [3.8, 4) is 0 Å². The second-order valence-electron chi connectivity index (χ2n) is 1.58. The lowest BCUT2D eigenvalue weighted by atomic mass is 10.5. The van der Waals surface area contributed by atoms with Crippen LogP contribution in [0, 0.1) is 0 Å². The van der Waals surface area contributed by atoms with E-state index < -0.39 is 0 Å². The van der Waals surface area contributed by atoms with Crippen LogP contribution in [-0.2, 0) is 0 Å². The first-order chi connectivity index (χ1) is 4.26. The second-order valence-corrected chi connectivity index (χ2v) is 1.58. The molecule has 0 N–H and O–H groups in total. The van der Waals surface area contributed by atoms with Crippen molar-refractivity contribution < 1.29 is 0 Å². The van der Waals surface area contributed by atoms with Crippen molar-refractivity contribution in [3.63, 3.8) is 0 Å². The highest BCUT2D eigenvalue weighted by Gasteiger charge is 1.92. The summed E-state index contributed by atoms with van der Waals surface area (Å²) in [5.74, 6) is 0.824. The Balaban J connectivity index is 4.11. The minimum atomic E-state index is 0.824. The van der Waals surface area contributed by atoms with Crippen LogP contribution in [0.25, 0.3) is 0 Å². The lowest BCUT2D eigenvalue weighted by Gasteiger charge is -2.10. The molecule has 0 atom stereocenters. The van der Waals surface area contributed by atoms with Crippen molar-refractivity contribution in [2.24, 2.45) is 4.99 Å². The molecular formula is C7H12N2. The first-order valence-corrected chi connectivity index (χ1v) is 2.71. The zero-order valence-corrected chi connectivity index (χ0v) is 5.96. The molecule has 0 aromatic heterocycles. The molecule has 0 aliphatic carbocycles.